The van der Waals surface area contributed by atoms with E-state index >= 15 is 0 Å². The highest BCUT2D eigenvalue weighted by Gasteiger charge is 2.35. The summed E-state index contributed by atoms with van der Waals surface area (Å²) in [4.78, 5) is 24.6. The van der Waals surface area contributed by atoms with Crippen LogP contribution in [-0.4, -0.2) is 65.3 Å². The molecule has 124 valence electrons. The number of piperazine rings is 1. The average Bonchev–Trinajstić information content (AvgIpc) is 3.25. The molecule has 0 saturated carbocycles. The fourth-order valence-corrected chi connectivity index (χ4v) is 8.35. The van der Waals surface area contributed by atoms with E-state index in [1.165, 1.54) is 9.79 Å². The average molecular weight is 395 g/mol. The van der Waals surface area contributed by atoms with Crippen LogP contribution in [-0.2, 0) is 0 Å². The van der Waals surface area contributed by atoms with Crippen LogP contribution in [0, 0.1) is 0 Å². The summed E-state index contributed by atoms with van der Waals surface area (Å²) in [7, 11) is 0. The molecule has 6 nitrogen and oxygen atoms in total. The predicted molar refractivity (Wildman–Crippen MR) is 98.2 cm³/mol. The number of nitrogens with zero attached hydrogens (tertiary/aromatic N) is 6. The Morgan fingerprint density at radius 1 is 0.708 bits per heavy atom. The lowest BCUT2D eigenvalue weighted by atomic mass is 10.3. The van der Waals surface area contributed by atoms with Crippen molar-refractivity contribution in [2.75, 3.05) is 26.2 Å². The molecule has 2 atom stereocenters. The van der Waals surface area contributed by atoms with Gasteiger partial charge in [0.05, 0.1) is 9.79 Å². The van der Waals surface area contributed by atoms with Crippen LogP contribution in [0.4, 0.5) is 0 Å². The molecule has 0 bridgehead atoms. The molecule has 5 heterocycles. The van der Waals surface area contributed by atoms with Crippen molar-refractivity contribution in [3.63, 3.8) is 0 Å². The lowest BCUT2D eigenvalue weighted by molar-refractivity contribution is 0.154. The van der Waals surface area contributed by atoms with Crippen LogP contribution >= 0.6 is 47.0 Å². The van der Waals surface area contributed by atoms with E-state index in [1.807, 2.05) is 59.4 Å². The zero-order chi connectivity index (χ0) is 15.9. The first kappa shape index (κ1) is 15.7. The van der Waals surface area contributed by atoms with Crippen LogP contribution in [0.2, 0.25) is 0 Å². The highest BCUT2D eigenvalue weighted by molar-refractivity contribution is 8.19. The SMILES string of the molecule is c1ncc2c(n1)SC(N1CCN(C3Sc4cncnc4S3)CC1)S2. The summed E-state index contributed by atoms with van der Waals surface area (Å²) >= 11 is 7.48. The molecule has 3 aliphatic rings. The smallest absolute Gasteiger partial charge is 0.116 e. The standard InChI is InChI=1S/C14H14N6S4/c1-2-20(14-22-10-6-16-8-18-12(10)24-14)4-3-19(1)13-21-9-5-15-7-17-11(9)23-13/h5-8,13-14H,1-4H2. The Hall–Kier alpha value is -0.520. The van der Waals surface area contributed by atoms with Crippen molar-refractivity contribution in [1.29, 1.82) is 0 Å². The molecule has 0 aromatic carbocycles. The molecule has 10 heteroatoms. The van der Waals surface area contributed by atoms with Gasteiger partial charge in [0.1, 0.15) is 32.1 Å². The maximum atomic E-state index is 4.38. The molecule has 2 aromatic rings. The van der Waals surface area contributed by atoms with E-state index < -0.39 is 0 Å². The second kappa shape index (κ2) is 6.65. The van der Waals surface area contributed by atoms with Gasteiger partial charge in [0.2, 0.25) is 0 Å². The van der Waals surface area contributed by atoms with Gasteiger partial charge < -0.3 is 0 Å². The van der Waals surface area contributed by atoms with Crippen molar-refractivity contribution in [2.24, 2.45) is 0 Å². The Kier molecular flexibility index (Phi) is 4.36. The molecule has 1 saturated heterocycles. The van der Waals surface area contributed by atoms with E-state index in [0.29, 0.717) is 9.41 Å². The van der Waals surface area contributed by atoms with E-state index in [4.69, 9.17) is 0 Å². The lowest BCUT2D eigenvalue weighted by Gasteiger charge is -2.38. The van der Waals surface area contributed by atoms with Gasteiger partial charge in [0.15, 0.2) is 0 Å². The number of thioether (sulfide) groups is 4. The van der Waals surface area contributed by atoms with E-state index in [0.717, 1.165) is 36.2 Å². The Labute approximate surface area is 157 Å². The minimum atomic E-state index is 0.436. The number of hydrogen-bond acceptors (Lipinski definition) is 10. The van der Waals surface area contributed by atoms with Crippen molar-refractivity contribution in [1.82, 2.24) is 29.7 Å². The topological polar surface area (TPSA) is 58.0 Å². The Balaban J connectivity index is 1.19. The first-order valence-electron chi connectivity index (χ1n) is 7.61. The summed E-state index contributed by atoms with van der Waals surface area (Å²) < 4.78 is 0.872. The minimum absolute atomic E-state index is 0.436. The van der Waals surface area contributed by atoms with Crippen molar-refractivity contribution in [2.45, 2.75) is 29.3 Å². The van der Waals surface area contributed by atoms with Crippen molar-refractivity contribution < 1.29 is 0 Å². The second-order valence-electron chi connectivity index (χ2n) is 5.54. The van der Waals surface area contributed by atoms with Crippen LogP contribution in [0.3, 0.4) is 0 Å². The third kappa shape index (κ3) is 2.93. The molecule has 2 aromatic heterocycles. The molecule has 2 unspecified atom stereocenters. The van der Waals surface area contributed by atoms with Gasteiger partial charge in [-0.05, 0) is 0 Å². The monoisotopic (exact) mass is 394 g/mol. The van der Waals surface area contributed by atoms with Crippen molar-refractivity contribution >= 4 is 47.0 Å². The van der Waals surface area contributed by atoms with Crippen LogP contribution in [0.15, 0.2) is 44.9 Å². The number of fused-ring (bicyclic) bond motifs is 2. The Morgan fingerprint density at radius 3 is 1.58 bits per heavy atom. The summed E-state index contributed by atoms with van der Waals surface area (Å²) in [6.45, 7) is 4.36. The Morgan fingerprint density at radius 2 is 1.17 bits per heavy atom. The summed E-state index contributed by atoms with van der Waals surface area (Å²) in [6, 6.07) is 0. The minimum Gasteiger partial charge on any atom is -0.280 e. The molecular weight excluding hydrogens is 380 g/mol. The van der Waals surface area contributed by atoms with Gasteiger partial charge in [-0.3, -0.25) is 9.80 Å². The van der Waals surface area contributed by atoms with Gasteiger partial charge >= 0.3 is 0 Å². The molecule has 0 radical (unpaired) electrons. The summed E-state index contributed by atoms with van der Waals surface area (Å²) in [6.07, 6.45) is 7.14. The van der Waals surface area contributed by atoms with Gasteiger partial charge in [-0.15, -0.1) is 0 Å². The molecule has 0 amide bonds. The fourth-order valence-electron chi connectivity index (χ4n) is 2.86. The van der Waals surface area contributed by atoms with Gasteiger partial charge in [-0.2, -0.15) is 0 Å². The summed E-state index contributed by atoms with van der Waals surface area (Å²) in [5.41, 5.74) is 0. The molecule has 0 aliphatic carbocycles. The fraction of sp³-hybridized carbons (Fsp3) is 0.429. The molecule has 1 fully saturated rings. The normalized spacial score (nSPS) is 27.2. The molecular formula is C14H14N6S4. The molecule has 3 aliphatic heterocycles. The zero-order valence-corrected chi connectivity index (χ0v) is 15.9. The maximum absolute atomic E-state index is 4.38. The number of aromatic nitrogens is 4. The second-order valence-corrected chi connectivity index (χ2v) is 10.5. The third-order valence-corrected chi connectivity index (χ3v) is 9.73. The summed E-state index contributed by atoms with van der Waals surface area (Å²) in [5, 5.41) is 2.25. The van der Waals surface area contributed by atoms with E-state index in [2.05, 4.69) is 29.7 Å². The first-order chi connectivity index (χ1) is 11.9. The van der Waals surface area contributed by atoms with Gasteiger partial charge in [0, 0.05) is 38.6 Å². The largest absolute Gasteiger partial charge is 0.280 e. The summed E-state index contributed by atoms with van der Waals surface area (Å²) in [5.74, 6) is 0. The van der Waals surface area contributed by atoms with E-state index in [1.54, 1.807) is 12.7 Å². The van der Waals surface area contributed by atoms with E-state index in [-0.39, 0.29) is 0 Å². The quantitative estimate of drug-likeness (QED) is 0.710. The van der Waals surface area contributed by atoms with Crippen molar-refractivity contribution in [3.8, 4) is 0 Å². The molecule has 0 spiro atoms. The van der Waals surface area contributed by atoms with Crippen LogP contribution in [0.5, 0.6) is 0 Å². The highest BCUT2D eigenvalue weighted by atomic mass is 32.2. The number of hydrogen-bond donors (Lipinski definition) is 0. The Bertz CT molecular complexity index is 640. The van der Waals surface area contributed by atoms with E-state index in [9.17, 15) is 0 Å². The first-order valence-corrected chi connectivity index (χ1v) is 11.1. The lowest BCUT2D eigenvalue weighted by Crippen LogP contribution is -2.50. The molecule has 5 rings (SSSR count). The van der Waals surface area contributed by atoms with Crippen LogP contribution < -0.4 is 0 Å². The third-order valence-electron chi connectivity index (χ3n) is 4.11. The van der Waals surface area contributed by atoms with Crippen molar-refractivity contribution in [3.05, 3.63) is 25.0 Å². The predicted octanol–water partition coefficient (Wildman–Crippen LogP) is 2.55. The van der Waals surface area contributed by atoms with Gasteiger partial charge in [-0.1, -0.05) is 47.0 Å². The number of rotatable bonds is 2. The van der Waals surface area contributed by atoms with Gasteiger partial charge in [0.25, 0.3) is 0 Å². The van der Waals surface area contributed by atoms with Crippen LogP contribution in [0.25, 0.3) is 0 Å². The highest BCUT2D eigenvalue weighted by Crippen LogP contribution is 2.49. The molecule has 0 N–H and O–H groups in total. The molecule has 24 heavy (non-hydrogen) atoms. The maximum Gasteiger partial charge on any atom is 0.116 e. The van der Waals surface area contributed by atoms with Gasteiger partial charge in [-0.25, -0.2) is 19.9 Å². The zero-order valence-electron chi connectivity index (χ0n) is 12.6. The van der Waals surface area contributed by atoms with Crippen LogP contribution in [0.1, 0.15) is 0 Å².